The van der Waals surface area contributed by atoms with E-state index in [0.29, 0.717) is 5.75 Å². The molecule has 3 N–H and O–H groups in total. The van der Waals surface area contributed by atoms with E-state index < -0.39 is 0 Å². The topological polar surface area (TPSA) is 71.7 Å². The molecule has 0 radical (unpaired) electrons. The second-order valence-corrected chi connectivity index (χ2v) is 8.57. The number of hydrogen-bond donors (Lipinski definition) is 3. The summed E-state index contributed by atoms with van der Waals surface area (Å²) in [5.41, 5.74) is 3.54. The molecule has 1 aromatic carbocycles. The van der Waals surface area contributed by atoms with Gasteiger partial charge in [0.05, 0.1) is 13.2 Å². The van der Waals surface area contributed by atoms with Crippen molar-refractivity contribution in [1.29, 1.82) is 0 Å². The van der Waals surface area contributed by atoms with Crippen molar-refractivity contribution in [3.05, 3.63) is 29.3 Å². The van der Waals surface area contributed by atoms with Crippen LogP contribution in [0.4, 0.5) is 10.8 Å². The molecule has 6 nitrogen and oxygen atoms in total. The number of ether oxygens (including phenoxy) is 1. The molecule has 1 atom stereocenters. The number of morpholine rings is 1. The largest absolute Gasteiger partial charge is 0.386 e. The summed E-state index contributed by atoms with van der Waals surface area (Å²) in [6.45, 7) is 8.50. The third kappa shape index (κ3) is 5.65. The average molecular weight is 382 g/mol. The van der Waals surface area contributed by atoms with Gasteiger partial charge in [-0.1, -0.05) is 29.2 Å². The molecule has 1 aromatic heterocycles. The Hall–Kier alpha value is -1.19. The molecule has 0 saturated carbocycles. The van der Waals surface area contributed by atoms with Crippen LogP contribution in [0.5, 0.6) is 0 Å². The van der Waals surface area contributed by atoms with Gasteiger partial charge in [-0.15, -0.1) is 10.2 Å². The molecular formula is C17H25N4O2S2+. The minimum Gasteiger partial charge on any atom is -0.386 e. The van der Waals surface area contributed by atoms with Gasteiger partial charge in [0, 0.05) is 11.4 Å². The number of aromatic nitrogens is 2. The summed E-state index contributed by atoms with van der Waals surface area (Å²) in [5, 5.41) is 22.7. The fourth-order valence-electron chi connectivity index (χ4n) is 2.69. The van der Waals surface area contributed by atoms with Crippen molar-refractivity contribution >= 4 is 33.9 Å². The lowest BCUT2D eigenvalue weighted by Gasteiger charge is -2.25. The van der Waals surface area contributed by atoms with Crippen molar-refractivity contribution < 1.29 is 14.7 Å². The molecule has 0 aliphatic carbocycles. The number of thioether (sulfide) groups is 1. The van der Waals surface area contributed by atoms with E-state index in [1.54, 1.807) is 11.8 Å². The van der Waals surface area contributed by atoms with Gasteiger partial charge in [0.1, 0.15) is 25.7 Å². The predicted molar refractivity (Wildman–Crippen MR) is 102 cm³/mol. The number of benzene rings is 1. The Balaban J connectivity index is 1.47. The Bertz CT molecular complexity index is 689. The zero-order valence-corrected chi connectivity index (χ0v) is 16.3. The van der Waals surface area contributed by atoms with Crippen molar-refractivity contribution in [2.24, 2.45) is 0 Å². The summed E-state index contributed by atoms with van der Waals surface area (Å²) in [4.78, 5) is 1.41. The van der Waals surface area contributed by atoms with Crippen molar-refractivity contribution in [3.63, 3.8) is 0 Å². The van der Waals surface area contributed by atoms with E-state index in [-0.39, 0.29) is 6.10 Å². The Morgan fingerprint density at radius 2 is 2.08 bits per heavy atom. The second kappa shape index (κ2) is 8.95. The molecule has 1 aliphatic rings. The fraction of sp³-hybridized carbons (Fsp3) is 0.529. The SMILES string of the molecule is Cc1ccc(Nc2nnc(SC[C@H](O)C[NH+]3CCOCC3)s2)cc1C. The summed E-state index contributed by atoms with van der Waals surface area (Å²) in [6.07, 6.45) is -0.335. The standard InChI is InChI=1S/C17H24N4O2S2/c1-12-3-4-14(9-13(12)2)18-16-19-20-17(25-16)24-11-15(22)10-21-5-7-23-8-6-21/h3-4,9,15,22H,5-8,10-11H2,1-2H3,(H,18,19)/p+1/t15-/m1/s1. The van der Waals surface area contributed by atoms with Crippen LogP contribution in [0.3, 0.4) is 0 Å². The molecule has 0 amide bonds. The zero-order chi connectivity index (χ0) is 17.6. The number of rotatable bonds is 7. The molecule has 2 heterocycles. The summed E-state index contributed by atoms with van der Waals surface area (Å²) < 4.78 is 6.22. The first-order valence-electron chi connectivity index (χ1n) is 8.50. The summed E-state index contributed by atoms with van der Waals surface area (Å²) in [7, 11) is 0. The highest BCUT2D eigenvalue weighted by Crippen LogP contribution is 2.28. The lowest BCUT2D eigenvalue weighted by molar-refractivity contribution is -0.910. The van der Waals surface area contributed by atoms with Gasteiger partial charge in [-0.2, -0.15) is 0 Å². The van der Waals surface area contributed by atoms with E-state index in [0.717, 1.165) is 48.0 Å². The minimum atomic E-state index is -0.335. The van der Waals surface area contributed by atoms with E-state index in [1.165, 1.54) is 27.4 Å². The number of nitrogens with one attached hydrogen (secondary N) is 2. The monoisotopic (exact) mass is 381 g/mol. The Labute approximate surface area is 156 Å². The Morgan fingerprint density at radius 3 is 2.84 bits per heavy atom. The van der Waals surface area contributed by atoms with Gasteiger partial charge >= 0.3 is 0 Å². The maximum Gasteiger partial charge on any atom is 0.210 e. The third-order valence-corrected chi connectivity index (χ3v) is 6.40. The Morgan fingerprint density at radius 1 is 1.28 bits per heavy atom. The highest BCUT2D eigenvalue weighted by molar-refractivity contribution is 8.01. The van der Waals surface area contributed by atoms with Gasteiger partial charge in [0.25, 0.3) is 0 Å². The van der Waals surface area contributed by atoms with Crippen LogP contribution >= 0.6 is 23.1 Å². The fourth-order valence-corrected chi connectivity index (χ4v) is 4.41. The molecule has 3 rings (SSSR count). The number of nitrogens with zero attached hydrogens (tertiary/aromatic N) is 2. The molecule has 0 bridgehead atoms. The van der Waals surface area contributed by atoms with Gasteiger partial charge in [-0.05, 0) is 37.1 Å². The van der Waals surface area contributed by atoms with E-state index in [4.69, 9.17) is 4.74 Å². The van der Waals surface area contributed by atoms with Crippen LogP contribution < -0.4 is 10.2 Å². The van der Waals surface area contributed by atoms with Gasteiger partial charge < -0.3 is 20.1 Å². The highest BCUT2D eigenvalue weighted by Gasteiger charge is 2.19. The number of anilines is 2. The van der Waals surface area contributed by atoms with Crippen molar-refractivity contribution in [2.75, 3.05) is 43.9 Å². The summed E-state index contributed by atoms with van der Waals surface area (Å²) in [6, 6.07) is 6.25. The molecule has 1 aliphatic heterocycles. The molecule has 8 heteroatoms. The number of hydrogen-bond acceptors (Lipinski definition) is 7. The van der Waals surface area contributed by atoms with E-state index in [9.17, 15) is 5.11 Å². The van der Waals surface area contributed by atoms with E-state index in [2.05, 4.69) is 41.5 Å². The first-order chi connectivity index (χ1) is 12.1. The summed E-state index contributed by atoms with van der Waals surface area (Å²) in [5.74, 6) is 0.641. The van der Waals surface area contributed by atoms with Crippen LogP contribution in [0.15, 0.2) is 22.5 Å². The van der Waals surface area contributed by atoms with Crippen molar-refractivity contribution in [2.45, 2.75) is 24.3 Å². The van der Waals surface area contributed by atoms with E-state index in [1.807, 2.05) is 6.07 Å². The third-order valence-electron chi connectivity index (χ3n) is 4.29. The number of aryl methyl sites for hydroxylation is 2. The van der Waals surface area contributed by atoms with Crippen LogP contribution in [0.25, 0.3) is 0 Å². The highest BCUT2D eigenvalue weighted by atomic mass is 32.2. The predicted octanol–water partition coefficient (Wildman–Crippen LogP) is 1.27. The minimum absolute atomic E-state index is 0.335. The quantitative estimate of drug-likeness (QED) is 0.628. The first kappa shape index (κ1) is 18.6. The summed E-state index contributed by atoms with van der Waals surface area (Å²) >= 11 is 3.08. The number of quaternary nitrogens is 1. The Kier molecular flexibility index (Phi) is 6.66. The maximum atomic E-state index is 10.2. The molecular weight excluding hydrogens is 356 g/mol. The molecule has 1 saturated heterocycles. The smallest absolute Gasteiger partial charge is 0.210 e. The molecule has 25 heavy (non-hydrogen) atoms. The molecule has 1 fully saturated rings. The van der Waals surface area contributed by atoms with Crippen LogP contribution in [0.1, 0.15) is 11.1 Å². The normalized spacial score (nSPS) is 16.8. The van der Waals surface area contributed by atoms with Crippen molar-refractivity contribution in [3.8, 4) is 0 Å². The van der Waals surface area contributed by atoms with Gasteiger partial charge in [0.2, 0.25) is 5.13 Å². The zero-order valence-electron chi connectivity index (χ0n) is 14.6. The molecule has 2 aromatic rings. The first-order valence-corrected chi connectivity index (χ1v) is 10.3. The maximum absolute atomic E-state index is 10.2. The lowest BCUT2D eigenvalue weighted by atomic mass is 10.1. The van der Waals surface area contributed by atoms with Gasteiger partial charge in [0.15, 0.2) is 4.34 Å². The van der Waals surface area contributed by atoms with Crippen molar-refractivity contribution in [1.82, 2.24) is 10.2 Å². The van der Waals surface area contributed by atoms with E-state index >= 15 is 0 Å². The average Bonchev–Trinajstić information content (AvgIpc) is 3.05. The lowest BCUT2D eigenvalue weighted by Crippen LogP contribution is -3.15. The number of aliphatic hydroxyl groups excluding tert-OH is 1. The van der Waals surface area contributed by atoms with Crippen LogP contribution in [-0.2, 0) is 4.74 Å². The molecule has 136 valence electrons. The molecule has 0 spiro atoms. The van der Waals surface area contributed by atoms with Gasteiger partial charge in [-0.25, -0.2) is 0 Å². The van der Waals surface area contributed by atoms with Crippen LogP contribution in [0.2, 0.25) is 0 Å². The van der Waals surface area contributed by atoms with Gasteiger partial charge in [-0.3, -0.25) is 0 Å². The number of aliphatic hydroxyl groups is 1. The van der Waals surface area contributed by atoms with Crippen LogP contribution in [-0.4, -0.2) is 60.0 Å². The molecule has 0 unspecified atom stereocenters. The second-order valence-electron chi connectivity index (χ2n) is 6.33. The van der Waals surface area contributed by atoms with Crippen LogP contribution in [0, 0.1) is 13.8 Å².